The first kappa shape index (κ1) is 12.6. The van der Waals surface area contributed by atoms with Crippen molar-refractivity contribution in [1.82, 2.24) is 9.88 Å². The van der Waals surface area contributed by atoms with Gasteiger partial charge in [0.05, 0.1) is 6.61 Å². The van der Waals surface area contributed by atoms with Crippen LogP contribution in [0.1, 0.15) is 35.8 Å². The molecule has 1 rings (SSSR count). The predicted molar refractivity (Wildman–Crippen MR) is 62.4 cm³/mol. The molecule has 1 amide bonds. The van der Waals surface area contributed by atoms with Gasteiger partial charge in [-0.2, -0.15) is 0 Å². The van der Waals surface area contributed by atoms with Gasteiger partial charge in [-0.3, -0.25) is 9.78 Å². The summed E-state index contributed by atoms with van der Waals surface area (Å²) >= 11 is 0. The van der Waals surface area contributed by atoms with E-state index in [4.69, 9.17) is 5.11 Å². The molecule has 1 heterocycles. The quantitative estimate of drug-likeness (QED) is 0.834. The Balaban J connectivity index is 2.77. The van der Waals surface area contributed by atoms with Gasteiger partial charge < -0.3 is 10.0 Å². The maximum Gasteiger partial charge on any atom is 0.272 e. The van der Waals surface area contributed by atoms with E-state index in [0.29, 0.717) is 18.2 Å². The molecule has 0 aliphatic rings. The van der Waals surface area contributed by atoms with E-state index >= 15 is 0 Å². The van der Waals surface area contributed by atoms with Gasteiger partial charge in [0.1, 0.15) is 5.69 Å². The molecule has 4 nitrogen and oxygen atoms in total. The molecule has 0 atom stereocenters. The van der Waals surface area contributed by atoms with E-state index in [1.165, 1.54) is 4.90 Å². The van der Waals surface area contributed by atoms with Crippen molar-refractivity contribution in [2.24, 2.45) is 0 Å². The van der Waals surface area contributed by atoms with Crippen LogP contribution in [-0.4, -0.2) is 41.1 Å². The number of aromatic nitrogens is 1. The second-order valence-electron chi connectivity index (χ2n) is 4.08. The van der Waals surface area contributed by atoms with Gasteiger partial charge in [0, 0.05) is 19.8 Å². The maximum absolute atomic E-state index is 11.8. The molecular formula is C12H18N2O2. The highest BCUT2D eigenvalue weighted by molar-refractivity contribution is 5.92. The molecule has 0 aliphatic heterocycles. The smallest absolute Gasteiger partial charge is 0.272 e. The summed E-state index contributed by atoms with van der Waals surface area (Å²) in [6, 6.07) is 3.64. The van der Waals surface area contributed by atoms with Gasteiger partial charge in [-0.05, 0) is 17.5 Å². The molecule has 0 aliphatic carbocycles. The first-order valence-corrected chi connectivity index (χ1v) is 5.38. The van der Waals surface area contributed by atoms with Gasteiger partial charge in [0.15, 0.2) is 0 Å². The van der Waals surface area contributed by atoms with Crippen molar-refractivity contribution < 1.29 is 9.90 Å². The number of aliphatic hydroxyl groups is 1. The average Bonchev–Trinajstić information content (AvgIpc) is 2.28. The van der Waals surface area contributed by atoms with Crippen molar-refractivity contribution in [1.29, 1.82) is 0 Å². The minimum absolute atomic E-state index is 0.0354. The fourth-order valence-corrected chi connectivity index (χ4v) is 1.32. The SMILES string of the molecule is CC(C)c1ccc(C(=O)N(C)CCO)nc1. The van der Waals surface area contributed by atoms with Crippen molar-refractivity contribution in [2.75, 3.05) is 20.2 Å². The Morgan fingerprint density at radius 2 is 2.19 bits per heavy atom. The number of rotatable bonds is 4. The van der Waals surface area contributed by atoms with Gasteiger partial charge >= 0.3 is 0 Å². The summed E-state index contributed by atoms with van der Waals surface area (Å²) in [7, 11) is 1.65. The van der Waals surface area contributed by atoms with Crippen LogP contribution in [0.25, 0.3) is 0 Å². The number of nitrogens with zero attached hydrogens (tertiary/aromatic N) is 2. The molecule has 0 unspecified atom stereocenters. The van der Waals surface area contributed by atoms with E-state index in [2.05, 4.69) is 18.8 Å². The van der Waals surface area contributed by atoms with Crippen molar-refractivity contribution in [3.63, 3.8) is 0 Å². The molecule has 0 spiro atoms. The van der Waals surface area contributed by atoms with Gasteiger partial charge in [-0.15, -0.1) is 0 Å². The van der Waals surface area contributed by atoms with Crippen LogP contribution in [0.15, 0.2) is 18.3 Å². The Hall–Kier alpha value is -1.42. The van der Waals surface area contributed by atoms with E-state index in [0.717, 1.165) is 5.56 Å². The van der Waals surface area contributed by atoms with Crippen LogP contribution in [-0.2, 0) is 0 Å². The van der Waals surface area contributed by atoms with Crippen LogP contribution in [0.2, 0.25) is 0 Å². The maximum atomic E-state index is 11.8. The fraction of sp³-hybridized carbons (Fsp3) is 0.500. The Labute approximate surface area is 95.9 Å². The number of carbonyl (C=O) groups is 1. The highest BCUT2D eigenvalue weighted by Gasteiger charge is 2.12. The third-order valence-corrected chi connectivity index (χ3v) is 2.45. The van der Waals surface area contributed by atoms with Crippen LogP contribution in [0.4, 0.5) is 0 Å². The van der Waals surface area contributed by atoms with Crippen molar-refractivity contribution in [3.8, 4) is 0 Å². The highest BCUT2D eigenvalue weighted by Crippen LogP contribution is 2.13. The fourth-order valence-electron chi connectivity index (χ4n) is 1.32. The molecule has 0 saturated carbocycles. The van der Waals surface area contributed by atoms with Crippen LogP contribution in [0, 0.1) is 0 Å². The second kappa shape index (κ2) is 5.61. The largest absolute Gasteiger partial charge is 0.395 e. The van der Waals surface area contributed by atoms with Crippen LogP contribution >= 0.6 is 0 Å². The molecule has 0 aromatic carbocycles. The molecule has 88 valence electrons. The van der Waals surface area contributed by atoms with E-state index in [1.807, 2.05) is 6.07 Å². The summed E-state index contributed by atoms with van der Waals surface area (Å²) < 4.78 is 0. The molecule has 1 aromatic heterocycles. The third-order valence-electron chi connectivity index (χ3n) is 2.45. The molecule has 0 saturated heterocycles. The Bertz CT molecular complexity index is 347. The summed E-state index contributed by atoms with van der Waals surface area (Å²) in [4.78, 5) is 17.4. The van der Waals surface area contributed by atoms with Gasteiger partial charge in [0.25, 0.3) is 5.91 Å². The lowest BCUT2D eigenvalue weighted by molar-refractivity contribution is 0.0761. The summed E-state index contributed by atoms with van der Waals surface area (Å²) in [5.74, 6) is 0.246. The number of hydrogen-bond donors (Lipinski definition) is 1. The predicted octanol–water partition coefficient (Wildman–Crippen LogP) is 1.27. The molecule has 16 heavy (non-hydrogen) atoms. The van der Waals surface area contributed by atoms with Crippen molar-refractivity contribution >= 4 is 5.91 Å². The Morgan fingerprint density at radius 3 is 2.62 bits per heavy atom. The molecule has 1 N–H and O–H groups in total. The third kappa shape index (κ3) is 3.03. The molecule has 0 fully saturated rings. The molecule has 4 heteroatoms. The number of pyridine rings is 1. The van der Waals surface area contributed by atoms with Crippen LogP contribution in [0.5, 0.6) is 0 Å². The highest BCUT2D eigenvalue weighted by atomic mass is 16.3. The number of amides is 1. The standard InChI is InChI=1S/C12H18N2O2/c1-9(2)10-4-5-11(13-8-10)12(16)14(3)6-7-15/h4-5,8-9,15H,6-7H2,1-3H3. The summed E-state index contributed by atoms with van der Waals surface area (Å²) in [5.41, 5.74) is 1.53. The lowest BCUT2D eigenvalue weighted by Gasteiger charge is -2.15. The minimum atomic E-state index is -0.163. The Kier molecular flexibility index (Phi) is 4.43. The van der Waals surface area contributed by atoms with E-state index in [9.17, 15) is 4.79 Å². The monoisotopic (exact) mass is 222 g/mol. The topological polar surface area (TPSA) is 53.4 Å². The van der Waals surface area contributed by atoms with E-state index < -0.39 is 0 Å². The molecular weight excluding hydrogens is 204 g/mol. The Morgan fingerprint density at radius 1 is 1.50 bits per heavy atom. The van der Waals surface area contributed by atoms with E-state index in [-0.39, 0.29) is 12.5 Å². The minimum Gasteiger partial charge on any atom is -0.395 e. The first-order valence-electron chi connectivity index (χ1n) is 5.38. The number of likely N-dealkylation sites (N-methyl/N-ethyl adjacent to an activating group) is 1. The summed E-state index contributed by atoms with van der Waals surface area (Å²) in [6.45, 7) is 4.45. The molecule has 1 aromatic rings. The van der Waals surface area contributed by atoms with Crippen LogP contribution < -0.4 is 0 Å². The van der Waals surface area contributed by atoms with Gasteiger partial charge in [0.2, 0.25) is 0 Å². The molecule has 0 radical (unpaired) electrons. The zero-order valence-corrected chi connectivity index (χ0v) is 9.97. The van der Waals surface area contributed by atoms with Crippen molar-refractivity contribution in [2.45, 2.75) is 19.8 Å². The second-order valence-corrected chi connectivity index (χ2v) is 4.08. The van der Waals surface area contributed by atoms with Gasteiger partial charge in [-0.25, -0.2) is 0 Å². The lowest BCUT2D eigenvalue weighted by Crippen LogP contribution is -2.30. The normalized spacial score (nSPS) is 10.6. The summed E-state index contributed by atoms with van der Waals surface area (Å²) in [5, 5.41) is 8.74. The van der Waals surface area contributed by atoms with Crippen LogP contribution in [0.3, 0.4) is 0 Å². The lowest BCUT2D eigenvalue weighted by atomic mass is 10.1. The number of carbonyl (C=O) groups excluding carboxylic acids is 1. The van der Waals surface area contributed by atoms with E-state index in [1.54, 1.807) is 19.3 Å². The average molecular weight is 222 g/mol. The number of aliphatic hydroxyl groups excluding tert-OH is 1. The van der Waals surface area contributed by atoms with Gasteiger partial charge in [-0.1, -0.05) is 19.9 Å². The first-order chi connectivity index (χ1) is 7.56. The summed E-state index contributed by atoms with van der Waals surface area (Å²) in [6.07, 6.45) is 1.73. The zero-order valence-electron chi connectivity index (χ0n) is 9.97. The molecule has 0 bridgehead atoms. The number of hydrogen-bond acceptors (Lipinski definition) is 3. The van der Waals surface area contributed by atoms with Crippen molar-refractivity contribution in [3.05, 3.63) is 29.6 Å². The zero-order chi connectivity index (χ0) is 12.1.